The Hall–Kier alpha value is -2.55. The van der Waals surface area contributed by atoms with Gasteiger partial charge in [0.15, 0.2) is 0 Å². The third-order valence-electron chi connectivity index (χ3n) is 6.52. The average Bonchev–Trinajstić information content (AvgIpc) is 3.58. The number of amidine groups is 1. The first-order chi connectivity index (χ1) is 16.4. The van der Waals surface area contributed by atoms with E-state index in [2.05, 4.69) is 24.8 Å². The maximum absolute atomic E-state index is 13.0. The van der Waals surface area contributed by atoms with Crippen LogP contribution in [0.25, 0.3) is 0 Å². The van der Waals surface area contributed by atoms with Crippen LogP contribution in [-0.2, 0) is 11.0 Å². The predicted molar refractivity (Wildman–Crippen MR) is 138 cm³/mol. The van der Waals surface area contributed by atoms with E-state index in [1.807, 2.05) is 43.3 Å². The fraction of sp³-hybridized carbons (Fsp3) is 0.333. The van der Waals surface area contributed by atoms with E-state index >= 15 is 0 Å². The van der Waals surface area contributed by atoms with E-state index in [4.69, 9.17) is 28.6 Å². The number of hydrogen-bond donors (Lipinski definition) is 3. The lowest BCUT2D eigenvalue weighted by molar-refractivity contribution is 0.258. The molecule has 0 amide bonds. The van der Waals surface area contributed by atoms with Gasteiger partial charge in [-0.2, -0.15) is 0 Å². The van der Waals surface area contributed by atoms with E-state index in [1.165, 1.54) is 0 Å². The molecule has 1 atom stereocenters. The number of hydrogen-bond acceptors (Lipinski definition) is 5. The third-order valence-corrected chi connectivity index (χ3v) is 8.17. The Balaban J connectivity index is 1.38. The molecule has 3 N–H and O–H groups in total. The first-order valence-electron chi connectivity index (χ1n) is 11.2. The van der Waals surface area contributed by atoms with Gasteiger partial charge in [0, 0.05) is 32.0 Å². The number of rotatable bonds is 5. The van der Waals surface area contributed by atoms with Crippen molar-refractivity contribution in [2.45, 2.75) is 30.2 Å². The second-order valence-electron chi connectivity index (χ2n) is 8.89. The quantitative estimate of drug-likeness (QED) is 0.414. The molecule has 0 bridgehead atoms. The molecule has 5 rings (SSSR count). The summed E-state index contributed by atoms with van der Waals surface area (Å²) in [5, 5.41) is 13.3. The molecule has 1 spiro atoms. The fourth-order valence-corrected chi connectivity index (χ4v) is 5.80. The Kier molecular flexibility index (Phi) is 6.31. The minimum Gasteiger partial charge on any atom is -0.384 e. The van der Waals surface area contributed by atoms with Crippen LogP contribution in [0.1, 0.15) is 18.4 Å². The summed E-state index contributed by atoms with van der Waals surface area (Å²) in [6.07, 6.45) is 5.38. The Morgan fingerprint density at radius 2 is 1.94 bits per heavy atom. The van der Waals surface area contributed by atoms with Crippen LogP contribution in [0.3, 0.4) is 0 Å². The van der Waals surface area contributed by atoms with E-state index in [-0.39, 0.29) is 5.54 Å². The molecule has 1 aromatic carbocycles. The molecule has 1 saturated carbocycles. The van der Waals surface area contributed by atoms with Crippen LogP contribution >= 0.6 is 23.2 Å². The Morgan fingerprint density at radius 3 is 2.62 bits per heavy atom. The molecule has 2 fully saturated rings. The Morgan fingerprint density at radius 1 is 1.18 bits per heavy atom. The van der Waals surface area contributed by atoms with Gasteiger partial charge in [-0.05, 0) is 44.0 Å². The highest BCUT2D eigenvalue weighted by Gasteiger charge is 2.53. The summed E-state index contributed by atoms with van der Waals surface area (Å²) >= 11 is 12.6. The van der Waals surface area contributed by atoms with E-state index in [0.717, 1.165) is 37.3 Å². The number of aryl methyl sites for hydroxylation is 1. The topological polar surface area (TPSA) is 84.4 Å². The highest BCUT2D eigenvalue weighted by atomic mass is 35.5. The molecule has 34 heavy (non-hydrogen) atoms. The molecule has 3 aliphatic rings. The number of nitrogens with zero attached hydrogens (tertiary/aromatic N) is 3. The zero-order chi connectivity index (χ0) is 23.9. The molecule has 2 aromatic rings. The SMILES string of the molecule is Cc1ccc(S(=O)NC2=C(C(=N)N3CCN(c4ccc(Cl)cn4)CC34CC4)C(Cl)=CNC2)cc1. The van der Waals surface area contributed by atoms with Crippen LogP contribution in [0.5, 0.6) is 0 Å². The van der Waals surface area contributed by atoms with Gasteiger partial charge in [-0.15, -0.1) is 0 Å². The van der Waals surface area contributed by atoms with Crippen LogP contribution in [0, 0.1) is 12.3 Å². The molecular weight excluding hydrogens is 491 g/mol. The summed E-state index contributed by atoms with van der Waals surface area (Å²) < 4.78 is 16.1. The van der Waals surface area contributed by atoms with Crippen LogP contribution in [0.2, 0.25) is 5.02 Å². The smallest absolute Gasteiger partial charge is 0.150 e. The minimum atomic E-state index is -1.46. The van der Waals surface area contributed by atoms with E-state index < -0.39 is 11.0 Å². The van der Waals surface area contributed by atoms with Crippen molar-refractivity contribution >= 4 is 45.8 Å². The molecule has 178 valence electrons. The van der Waals surface area contributed by atoms with E-state index in [0.29, 0.717) is 45.1 Å². The number of anilines is 1. The van der Waals surface area contributed by atoms with Crippen molar-refractivity contribution in [3.63, 3.8) is 0 Å². The summed E-state index contributed by atoms with van der Waals surface area (Å²) in [4.78, 5) is 9.57. The van der Waals surface area contributed by atoms with Gasteiger partial charge in [0.2, 0.25) is 0 Å². The maximum Gasteiger partial charge on any atom is 0.150 e. The minimum absolute atomic E-state index is 0.118. The molecule has 1 unspecified atom stereocenters. The second kappa shape index (κ2) is 9.24. The zero-order valence-electron chi connectivity index (χ0n) is 18.8. The highest BCUT2D eigenvalue weighted by Crippen LogP contribution is 2.46. The first-order valence-corrected chi connectivity index (χ1v) is 13.1. The van der Waals surface area contributed by atoms with Crippen molar-refractivity contribution in [1.29, 1.82) is 5.41 Å². The van der Waals surface area contributed by atoms with Crippen molar-refractivity contribution in [2.24, 2.45) is 0 Å². The van der Waals surface area contributed by atoms with Gasteiger partial charge < -0.3 is 19.8 Å². The van der Waals surface area contributed by atoms with Crippen LogP contribution < -0.4 is 14.9 Å². The molecule has 3 heterocycles. The zero-order valence-corrected chi connectivity index (χ0v) is 21.1. The van der Waals surface area contributed by atoms with Crippen LogP contribution in [-0.4, -0.2) is 51.6 Å². The summed E-state index contributed by atoms with van der Waals surface area (Å²) in [6, 6.07) is 11.4. The van der Waals surface area contributed by atoms with Gasteiger partial charge in [-0.3, -0.25) is 5.41 Å². The predicted octanol–water partition coefficient (Wildman–Crippen LogP) is 3.93. The van der Waals surface area contributed by atoms with Crippen molar-refractivity contribution in [3.05, 3.63) is 75.7 Å². The lowest BCUT2D eigenvalue weighted by Gasteiger charge is -2.44. The summed E-state index contributed by atoms with van der Waals surface area (Å²) in [5.41, 5.74) is 2.25. The number of halogens is 2. The van der Waals surface area contributed by atoms with Crippen molar-refractivity contribution in [1.82, 2.24) is 19.9 Å². The number of nitrogens with one attached hydrogen (secondary N) is 3. The summed E-state index contributed by atoms with van der Waals surface area (Å²) in [5.74, 6) is 1.27. The van der Waals surface area contributed by atoms with Gasteiger partial charge in [0.25, 0.3) is 0 Å². The molecule has 1 aliphatic carbocycles. The number of aromatic nitrogens is 1. The lowest BCUT2D eigenvalue weighted by Crippen LogP contribution is -2.57. The van der Waals surface area contributed by atoms with Crippen molar-refractivity contribution < 1.29 is 4.21 Å². The fourth-order valence-electron chi connectivity index (χ4n) is 4.51. The first kappa shape index (κ1) is 23.2. The van der Waals surface area contributed by atoms with Crippen molar-refractivity contribution in [3.8, 4) is 0 Å². The van der Waals surface area contributed by atoms with Crippen LogP contribution in [0.15, 0.2) is 70.0 Å². The molecule has 10 heteroatoms. The highest BCUT2D eigenvalue weighted by molar-refractivity contribution is 7.83. The maximum atomic E-state index is 13.0. The van der Waals surface area contributed by atoms with Crippen LogP contribution in [0.4, 0.5) is 5.82 Å². The van der Waals surface area contributed by atoms with Crippen molar-refractivity contribution in [2.75, 3.05) is 31.1 Å². The number of pyridine rings is 1. The normalized spacial score (nSPS) is 20.0. The van der Waals surface area contributed by atoms with Gasteiger partial charge in [0.1, 0.15) is 22.6 Å². The molecule has 1 aromatic heterocycles. The molecule has 7 nitrogen and oxygen atoms in total. The summed E-state index contributed by atoms with van der Waals surface area (Å²) in [7, 11) is -1.46. The van der Waals surface area contributed by atoms with Gasteiger partial charge in [0.05, 0.1) is 38.3 Å². The number of piperazine rings is 1. The number of dihydropyridines is 1. The summed E-state index contributed by atoms with van der Waals surface area (Å²) in [6.45, 7) is 4.62. The molecule has 0 radical (unpaired) electrons. The van der Waals surface area contributed by atoms with Gasteiger partial charge in [-0.1, -0.05) is 40.9 Å². The number of benzene rings is 1. The van der Waals surface area contributed by atoms with E-state index in [1.54, 1.807) is 12.4 Å². The monoisotopic (exact) mass is 516 g/mol. The second-order valence-corrected chi connectivity index (χ2v) is 10.9. The Bertz CT molecular complexity index is 1190. The molecular formula is C24H26Cl2N6OS. The molecule has 2 aliphatic heterocycles. The molecule has 1 saturated heterocycles. The standard InChI is InChI=1S/C24H26Cl2N6OS/c1-16-2-5-18(6-3-16)34(33)30-20-14-28-13-19(26)22(20)23(27)32-11-10-31(15-24(32)8-9-24)21-7-4-17(25)12-29-21/h2-7,12-13,27-28,30H,8-11,14-15H2,1H3. The average molecular weight is 517 g/mol. The third kappa shape index (κ3) is 4.54. The lowest BCUT2D eigenvalue weighted by atomic mass is 10.0. The van der Waals surface area contributed by atoms with Gasteiger partial charge >= 0.3 is 0 Å². The Labute approximate surface area is 211 Å². The van der Waals surface area contributed by atoms with E-state index in [9.17, 15) is 4.21 Å². The van der Waals surface area contributed by atoms with Gasteiger partial charge in [-0.25, -0.2) is 9.19 Å². The largest absolute Gasteiger partial charge is 0.384 e.